The monoisotopic (exact) mass is 344 g/mol. The van der Waals surface area contributed by atoms with Crippen LogP contribution in [0.3, 0.4) is 0 Å². The average Bonchev–Trinajstić information content (AvgIpc) is 3.10. The number of carbonyl (C=O) groups is 1. The topological polar surface area (TPSA) is 50.2 Å². The minimum atomic E-state index is -1.76. The largest absolute Gasteiger partial charge is 0.349 e. The fraction of sp³-hybridized carbons (Fsp3) is 0.474. The molecule has 0 atom stereocenters. The van der Waals surface area contributed by atoms with Crippen LogP contribution in [-0.4, -0.2) is 39.3 Å². The van der Waals surface area contributed by atoms with Crippen molar-refractivity contribution >= 4 is 5.91 Å². The molecular formula is C19H25FN4O. The SMILES string of the molecule is CCn1cc(CN2CCC(F)(C(=O)NCc3ccccc3)CC2)cn1. The van der Waals surface area contributed by atoms with Gasteiger partial charge >= 0.3 is 0 Å². The van der Waals surface area contributed by atoms with Crippen molar-refractivity contribution in [2.75, 3.05) is 13.1 Å². The Morgan fingerprint density at radius 1 is 1.24 bits per heavy atom. The molecule has 2 aromatic rings. The highest BCUT2D eigenvalue weighted by molar-refractivity contribution is 5.85. The van der Waals surface area contributed by atoms with Crippen LogP contribution in [-0.2, 0) is 24.4 Å². The molecule has 1 fully saturated rings. The molecule has 1 saturated heterocycles. The Kier molecular flexibility index (Phi) is 5.48. The summed E-state index contributed by atoms with van der Waals surface area (Å²) in [5.41, 5.74) is 0.338. The van der Waals surface area contributed by atoms with Crippen molar-refractivity contribution < 1.29 is 9.18 Å². The molecule has 1 aliphatic heterocycles. The number of aryl methyl sites for hydroxylation is 1. The summed E-state index contributed by atoms with van der Waals surface area (Å²) < 4.78 is 16.9. The van der Waals surface area contributed by atoms with Crippen LogP contribution < -0.4 is 5.32 Å². The van der Waals surface area contributed by atoms with Gasteiger partial charge in [0.25, 0.3) is 5.91 Å². The van der Waals surface area contributed by atoms with Gasteiger partial charge in [-0.2, -0.15) is 5.10 Å². The zero-order valence-electron chi connectivity index (χ0n) is 14.6. The number of halogens is 1. The van der Waals surface area contributed by atoms with E-state index in [4.69, 9.17) is 0 Å². The lowest BCUT2D eigenvalue weighted by molar-refractivity contribution is -0.136. The van der Waals surface area contributed by atoms with Gasteiger partial charge in [0.15, 0.2) is 5.67 Å². The Morgan fingerprint density at radius 3 is 2.60 bits per heavy atom. The van der Waals surface area contributed by atoms with Gasteiger partial charge in [-0.05, 0) is 12.5 Å². The van der Waals surface area contributed by atoms with Crippen LogP contribution in [0.1, 0.15) is 30.9 Å². The van der Waals surface area contributed by atoms with E-state index in [-0.39, 0.29) is 12.8 Å². The molecule has 0 unspecified atom stereocenters. The van der Waals surface area contributed by atoms with Crippen molar-refractivity contribution in [1.29, 1.82) is 0 Å². The lowest BCUT2D eigenvalue weighted by Gasteiger charge is -2.35. The number of amides is 1. The van der Waals surface area contributed by atoms with E-state index in [1.165, 1.54) is 0 Å². The molecule has 1 aromatic heterocycles. The van der Waals surface area contributed by atoms with E-state index >= 15 is 0 Å². The van der Waals surface area contributed by atoms with Gasteiger partial charge in [0.2, 0.25) is 0 Å². The molecule has 6 heteroatoms. The Balaban J connectivity index is 1.48. The van der Waals surface area contributed by atoms with Gasteiger partial charge in [0.05, 0.1) is 6.20 Å². The van der Waals surface area contributed by atoms with Crippen LogP contribution in [0.4, 0.5) is 4.39 Å². The maximum absolute atomic E-state index is 15.0. The number of aromatic nitrogens is 2. The number of alkyl halides is 1. The zero-order valence-corrected chi connectivity index (χ0v) is 14.6. The number of likely N-dealkylation sites (tertiary alicyclic amines) is 1. The predicted molar refractivity (Wildman–Crippen MR) is 94.5 cm³/mol. The summed E-state index contributed by atoms with van der Waals surface area (Å²) in [5, 5.41) is 7.00. The molecule has 1 N–H and O–H groups in total. The molecule has 0 aliphatic carbocycles. The Bertz CT molecular complexity index is 692. The summed E-state index contributed by atoms with van der Waals surface area (Å²) in [6.07, 6.45) is 4.34. The van der Waals surface area contributed by atoms with Crippen LogP contribution in [0, 0.1) is 0 Å². The van der Waals surface area contributed by atoms with Gasteiger partial charge in [-0.1, -0.05) is 30.3 Å². The summed E-state index contributed by atoms with van der Waals surface area (Å²) >= 11 is 0. The van der Waals surface area contributed by atoms with Crippen molar-refractivity contribution in [3.8, 4) is 0 Å². The van der Waals surface area contributed by atoms with Crippen molar-refractivity contribution in [3.63, 3.8) is 0 Å². The number of piperidine rings is 1. The molecule has 0 spiro atoms. The van der Waals surface area contributed by atoms with Crippen LogP contribution in [0.5, 0.6) is 0 Å². The third kappa shape index (κ3) is 4.45. The quantitative estimate of drug-likeness (QED) is 0.876. The summed E-state index contributed by atoms with van der Waals surface area (Å²) in [4.78, 5) is 14.5. The summed E-state index contributed by atoms with van der Waals surface area (Å²) in [7, 11) is 0. The van der Waals surface area contributed by atoms with E-state index in [1.54, 1.807) is 0 Å². The van der Waals surface area contributed by atoms with Crippen molar-refractivity contribution in [2.24, 2.45) is 0 Å². The Labute approximate surface area is 147 Å². The van der Waals surface area contributed by atoms with E-state index in [9.17, 15) is 9.18 Å². The molecule has 134 valence electrons. The minimum Gasteiger partial charge on any atom is -0.349 e. The molecule has 3 rings (SSSR count). The number of benzene rings is 1. The highest BCUT2D eigenvalue weighted by atomic mass is 19.1. The maximum atomic E-state index is 15.0. The van der Waals surface area contributed by atoms with Gasteiger partial charge in [-0.25, -0.2) is 4.39 Å². The Morgan fingerprint density at radius 2 is 1.96 bits per heavy atom. The summed E-state index contributed by atoms with van der Waals surface area (Å²) in [6, 6.07) is 9.58. The first-order valence-corrected chi connectivity index (χ1v) is 8.84. The first-order valence-electron chi connectivity index (χ1n) is 8.84. The van der Waals surface area contributed by atoms with E-state index in [0.29, 0.717) is 19.6 Å². The van der Waals surface area contributed by atoms with Gasteiger partial charge in [-0.15, -0.1) is 0 Å². The second kappa shape index (κ2) is 7.78. The first kappa shape index (κ1) is 17.6. The number of hydrogen-bond donors (Lipinski definition) is 1. The normalized spacial score (nSPS) is 17.4. The fourth-order valence-electron chi connectivity index (χ4n) is 3.15. The number of nitrogens with one attached hydrogen (secondary N) is 1. The predicted octanol–water partition coefficient (Wildman–Crippen LogP) is 2.52. The summed E-state index contributed by atoms with van der Waals surface area (Å²) in [6.45, 7) is 5.16. The molecule has 25 heavy (non-hydrogen) atoms. The van der Waals surface area contributed by atoms with Crippen molar-refractivity contribution in [3.05, 3.63) is 53.9 Å². The van der Waals surface area contributed by atoms with Crippen LogP contribution >= 0.6 is 0 Å². The van der Waals surface area contributed by atoms with Crippen LogP contribution in [0.25, 0.3) is 0 Å². The van der Waals surface area contributed by atoms with E-state index in [0.717, 1.165) is 24.2 Å². The van der Waals surface area contributed by atoms with Crippen molar-refractivity contribution in [2.45, 2.75) is 45.1 Å². The smallest absolute Gasteiger partial charge is 0.258 e. The number of carbonyl (C=O) groups excluding carboxylic acids is 1. The molecule has 0 radical (unpaired) electrons. The lowest BCUT2D eigenvalue weighted by atomic mass is 9.92. The standard InChI is InChI=1S/C19H25FN4O/c1-2-24-15-17(13-22-24)14-23-10-8-19(20,9-11-23)18(25)21-12-16-6-4-3-5-7-16/h3-7,13,15H,2,8-12,14H2,1H3,(H,21,25). The zero-order chi connectivity index (χ0) is 17.7. The maximum Gasteiger partial charge on any atom is 0.258 e. The molecule has 5 nitrogen and oxygen atoms in total. The second-order valence-corrected chi connectivity index (χ2v) is 6.61. The lowest BCUT2D eigenvalue weighted by Crippen LogP contribution is -2.50. The van der Waals surface area contributed by atoms with Gasteiger partial charge < -0.3 is 5.32 Å². The van der Waals surface area contributed by atoms with E-state index in [2.05, 4.69) is 15.3 Å². The highest BCUT2D eigenvalue weighted by Crippen LogP contribution is 2.27. The second-order valence-electron chi connectivity index (χ2n) is 6.61. The van der Waals surface area contributed by atoms with E-state index in [1.807, 2.05) is 54.3 Å². The number of nitrogens with zero attached hydrogens (tertiary/aromatic N) is 3. The van der Waals surface area contributed by atoms with E-state index < -0.39 is 11.6 Å². The van der Waals surface area contributed by atoms with Crippen LogP contribution in [0.2, 0.25) is 0 Å². The molecule has 0 bridgehead atoms. The minimum absolute atomic E-state index is 0.232. The molecule has 1 aromatic carbocycles. The first-order chi connectivity index (χ1) is 12.1. The third-order valence-corrected chi connectivity index (χ3v) is 4.77. The van der Waals surface area contributed by atoms with Gasteiger partial charge in [0.1, 0.15) is 0 Å². The number of rotatable bonds is 6. The van der Waals surface area contributed by atoms with Crippen LogP contribution in [0.15, 0.2) is 42.7 Å². The molecule has 1 aliphatic rings. The fourth-order valence-corrected chi connectivity index (χ4v) is 3.15. The molecule has 1 amide bonds. The molecular weight excluding hydrogens is 319 g/mol. The Hall–Kier alpha value is -2.21. The van der Waals surface area contributed by atoms with Gasteiger partial charge in [0, 0.05) is 57.3 Å². The van der Waals surface area contributed by atoms with Crippen molar-refractivity contribution in [1.82, 2.24) is 20.0 Å². The van der Waals surface area contributed by atoms with Gasteiger partial charge in [-0.3, -0.25) is 14.4 Å². The molecule has 2 heterocycles. The third-order valence-electron chi connectivity index (χ3n) is 4.77. The molecule has 0 saturated carbocycles. The number of hydrogen-bond acceptors (Lipinski definition) is 3. The highest BCUT2D eigenvalue weighted by Gasteiger charge is 2.41. The average molecular weight is 344 g/mol. The summed E-state index contributed by atoms with van der Waals surface area (Å²) in [5.74, 6) is -0.491.